The van der Waals surface area contributed by atoms with Crippen LogP contribution < -0.4 is 9.80 Å². The Hall–Kier alpha value is -3.19. The smallest absolute Gasteiger partial charge is 0.168 e. The molecule has 3 heterocycles. The summed E-state index contributed by atoms with van der Waals surface area (Å²) in [6.07, 6.45) is 3.37. The van der Waals surface area contributed by atoms with Gasteiger partial charge < -0.3 is 9.80 Å². The van der Waals surface area contributed by atoms with Gasteiger partial charge in [0.1, 0.15) is 18.0 Å². The van der Waals surface area contributed by atoms with Crippen LogP contribution in [0.4, 0.5) is 15.9 Å². The number of halogens is 2. The fraction of sp³-hybridized carbons (Fsp3) is 0.227. The number of benzene rings is 2. The van der Waals surface area contributed by atoms with E-state index in [1.807, 2.05) is 37.3 Å². The fourth-order valence-electron chi connectivity index (χ4n) is 3.94. The second-order valence-corrected chi connectivity index (χ2v) is 7.78. The minimum Gasteiger partial charge on any atom is -0.366 e. The Morgan fingerprint density at radius 2 is 1.70 bits per heavy atom. The summed E-state index contributed by atoms with van der Waals surface area (Å²) in [7, 11) is 0. The Morgan fingerprint density at radius 3 is 2.50 bits per heavy atom. The van der Waals surface area contributed by atoms with Crippen LogP contribution in [0, 0.1) is 12.7 Å². The maximum absolute atomic E-state index is 14.1. The molecule has 152 valence electrons. The van der Waals surface area contributed by atoms with Crippen LogP contribution in [0.2, 0.25) is 5.02 Å². The number of para-hydroxylation sites is 1. The van der Waals surface area contributed by atoms with Gasteiger partial charge in [0.15, 0.2) is 5.65 Å². The van der Waals surface area contributed by atoms with E-state index in [1.165, 1.54) is 6.07 Å². The van der Waals surface area contributed by atoms with Gasteiger partial charge in [0.2, 0.25) is 0 Å². The summed E-state index contributed by atoms with van der Waals surface area (Å²) in [5, 5.41) is 6.10. The van der Waals surface area contributed by atoms with Gasteiger partial charge in [0, 0.05) is 31.2 Å². The van der Waals surface area contributed by atoms with Crippen molar-refractivity contribution in [1.82, 2.24) is 19.7 Å². The monoisotopic (exact) mass is 422 g/mol. The number of piperazine rings is 1. The lowest BCUT2D eigenvalue weighted by atomic mass is 10.2. The molecule has 0 atom stereocenters. The number of anilines is 2. The minimum atomic E-state index is -0.187. The maximum atomic E-state index is 14.1. The molecular weight excluding hydrogens is 403 g/mol. The molecule has 1 saturated heterocycles. The molecule has 0 aliphatic carbocycles. The molecule has 30 heavy (non-hydrogen) atoms. The van der Waals surface area contributed by atoms with Crippen LogP contribution in [0.1, 0.15) is 5.56 Å². The highest BCUT2D eigenvalue weighted by Crippen LogP contribution is 2.28. The van der Waals surface area contributed by atoms with Crippen LogP contribution >= 0.6 is 11.6 Å². The van der Waals surface area contributed by atoms with E-state index in [0.29, 0.717) is 23.8 Å². The van der Waals surface area contributed by atoms with Gasteiger partial charge in [-0.3, -0.25) is 0 Å². The Morgan fingerprint density at radius 1 is 0.933 bits per heavy atom. The number of aryl methyl sites for hydroxylation is 1. The van der Waals surface area contributed by atoms with E-state index in [9.17, 15) is 4.39 Å². The molecule has 1 aliphatic rings. The summed E-state index contributed by atoms with van der Waals surface area (Å²) in [6, 6.07) is 12.6. The Balaban J connectivity index is 1.44. The van der Waals surface area contributed by atoms with Crippen molar-refractivity contribution in [3.8, 4) is 5.69 Å². The first kappa shape index (κ1) is 18.8. The minimum absolute atomic E-state index is 0.187. The third-order valence-electron chi connectivity index (χ3n) is 5.52. The fourth-order valence-corrected chi connectivity index (χ4v) is 4.10. The van der Waals surface area contributed by atoms with Crippen molar-refractivity contribution in [2.75, 3.05) is 36.0 Å². The average Bonchev–Trinajstić information content (AvgIpc) is 3.20. The lowest BCUT2D eigenvalue weighted by Gasteiger charge is -2.36. The van der Waals surface area contributed by atoms with E-state index in [0.717, 1.165) is 41.2 Å². The first-order valence-corrected chi connectivity index (χ1v) is 10.2. The molecule has 1 aliphatic heterocycles. The molecular formula is C22H20ClFN6. The highest BCUT2D eigenvalue weighted by molar-refractivity contribution is 6.30. The van der Waals surface area contributed by atoms with Gasteiger partial charge in [-0.25, -0.2) is 19.0 Å². The van der Waals surface area contributed by atoms with E-state index in [1.54, 1.807) is 23.3 Å². The zero-order valence-electron chi connectivity index (χ0n) is 16.5. The van der Waals surface area contributed by atoms with Crippen LogP contribution in [0.5, 0.6) is 0 Å². The predicted molar refractivity (Wildman–Crippen MR) is 117 cm³/mol. The topological polar surface area (TPSA) is 50.1 Å². The molecule has 0 bridgehead atoms. The van der Waals surface area contributed by atoms with Crippen LogP contribution in [-0.4, -0.2) is 45.9 Å². The highest BCUT2D eigenvalue weighted by Gasteiger charge is 2.23. The molecule has 0 saturated carbocycles. The summed E-state index contributed by atoms with van der Waals surface area (Å²) in [4.78, 5) is 13.3. The number of fused-ring (bicyclic) bond motifs is 1. The Kier molecular flexibility index (Phi) is 4.75. The van der Waals surface area contributed by atoms with Gasteiger partial charge in [0.05, 0.1) is 23.0 Å². The molecule has 0 amide bonds. The van der Waals surface area contributed by atoms with Crippen LogP contribution in [0.15, 0.2) is 55.0 Å². The number of aromatic nitrogens is 4. The van der Waals surface area contributed by atoms with Crippen LogP contribution in [-0.2, 0) is 0 Å². The number of hydrogen-bond donors (Lipinski definition) is 0. The van der Waals surface area contributed by atoms with Crippen molar-refractivity contribution in [3.05, 3.63) is 71.4 Å². The lowest BCUT2D eigenvalue weighted by Crippen LogP contribution is -2.47. The summed E-state index contributed by atoms with van der Waals surface area (Å²) < 4.78 is 15.9. The van der Waals surface area contributed by atoms with E-state index in [-0.39, 0.29) is 5.82 Å². The Bertz CT molecular complexity index is 1220. The molecule has 1 fully saturated rings. The third-order valence-corrected chi connectivity index (χ3v) is 5.75. The van der Waals surface area contributed by atoms with Gasteiger partial charge in [0.25, 0.3) is 0 Å². The number of rotatable bonds is 3. The molecule has 0 unspecified atom stereocenters. The summed E-state index contributed by atoms with van der Waals surface area (Å²) in [5.41, 5.74) is 3.34. The standard InChI is InChI=1S/C22H20ClFN6/c1-15-6-7-16(23)12-20(15)30-22-17(13-27-30)21(25-14-26-22)29-10-8-28(9-11-29)19-5-3-2-4-18(19)24/h2-7,12-14H,8-11H2,1H3. The third kappa shape index (κ3) is 3.25. The maximum Gasteiger partial charge on any atom is 0.168 e. The zero-order valence-corrected chi connectivity index (χ0v) is 17.2. The van der Waals surface area contributed by atoms with Gasteiger partial charge >= 0.3 is 0 Å². The quantitative estimate of drug-likeness (QED) is 0.494. The van der Waals surface area contributed by atoms with Crippen LogP contribution in [0.25, 0.3) is 16.7 Å². The van der Waals surface area contributed by atoms with E-state index < -0.39 is 0 Å². The summed E-state index contributed by atoms with van der Waals surface area (Å²) in [6.45, 7) is 4.93. The van der Waals surface area contributed by atoms with Crippen molar-refractivity contribution in [3.63, 3.8) is 0 Å². The van der Waals surface area contributed by atoms with Crippen molar-refractivity contribution in [1.29, 1.82) is 0 Å². The first-order valence-electron chi connectivity index (χ1n) is 9.81. The summed E-state index contributed by atoms with van der Waals surface area (Å²) in [5.74, 6) is 0.660. The van der Waals surface area contributed by atoms with Gasteiger partial charge in [-0.2, -0.15) is 5.10 Å². The van der Waals surface area contributed by atoms with Crippen molar-refractivity contribution in [2.24, 2.45) is 0 Å². The molecule has 4 aromatic rings. The molecule has 2 aromatic carbocycles. The largest absolute Gasteiger partial charge is 0.366 e. The van der Waals surface area contributed by atoms with Gasteiger partial charge in [-0.05, 0) is 36.8 Å². The van der Waals surface area contributed by atoms with E-state index in [4.69, 9.17) is 11.6 Å². The van der Waals surface area contributed by atoms with Crippen molar-refractivity contribution in [2.45, 2.75) is 6.92 Å². The van der Waals surface area contributed by atoms with Crippen LogP contribution in [0.3, 0.4) is 0 Å². The molecule has 0 radical (unpaired) electrons. The lowest BCUT2D eigenvalue weighted by molar-refractivity contribution is 0.596. The Labute approximate surface area is 178 Å². The molecule has 2 aromatic heterocycles. The molecule has 8 heteroatoms. The molecule has 0 N–H and O–H groups in total. The normalized spacial score (nSPS) is 14.5. The highest BCUT2D eigenvalue weighted by atomic mass is 35.5. The second kappa shape index (κ2) is 7.57. The van der Waals surface area contributed by atoms with Crippen molar-refractivity contribution < 1.29 is 4.39 Å². The zero-order chi connectivity index (χ0) is 20.7. The average molecular weight is 423 g/mol. The molecule has 6 nitrogen and oxygen atoms in total. The van der Waals surface area contributed by atoms with Gasteiger partial charge in [-0.15, -0.1) is 0 Å². The first-order chi connectivity index (χ1) is 14.6. The van der Waals surface area contributed by atoms with Crippen molar-refractivity contribution >= 4 is 34.1 Å². The predicted octanol–water partition coefficient (Wildman–Crippen LogP) is 4.24. The molecule has 0 spiro atoms. The number of nitrogens with zero attached hydrogens (tertiary/aromatic N) is 6. The number of hydrogen-bond acceptors (Lipinski definition) is 5. The molecule has 5 rings (SSSR count). The van der Waals surface area contributed by atoms with E-state index >= 15 is 0 Å². The SMILES string of the molecule is Cc1ccc(Cl)cc1-n1ncc2c(N3CCN(c4ccccc4F)CC3)ncnc21. The summed E-state index contributed by atoms with van der Waals surface area (Å²) >= 11 is 6.20. The second-order valence-electron chi connectivity index (χ2n) is 7.35. The van der Waals surface area contributed by atoms with E-state index in [2.05, 4.69) is 24.9 Å². The van der Waals surface area contributed by atoms with Gasteiger partial charge in [-0.1, -0.05) is 29.8 Å².